The van der Waals surface area contributed by atoms with E-state index < -0.39 is 0 Å². The Kier molecular flexibility index (Phi) is 4.97. The maximum Gasteiger partial charge on any atom is 0.269 e. The van der Waals surface area contributed by atoms with E-state index in [9.17, 15) is 9.59 Å². The van der Waals surface area contributed by atoms with Crippen molar-refractivity contribution >= 4 is 11.8 Å². The molecule has 2 heterocycles. The second-order valence-corrected chi connectivity index (χ2v) is 7.70. The maximum absolute atomic E-state index is 12.6. The number of aromatic nitrogens is 2. The first-order valence-corrected chi connectivity index (χ1v) is 9.81. The van der Waals surface area contributed by atoms with Crippen LogP contribution in [0.25, 0.3) is 11.3 Å². The van der Waals surface area contributed by atoms with Gasteiger partial charge in [-0.25, -0.2) is 0 Å². The van der Waals surface area contributed by atoms with Crippen LogP contribution in [0.1, 0.15) is 48.2 Å². The molecule has 0 spiro atoms. The Morgan fingerprint density at radius 2 is 2.00 bits per heavy atom. The predicted molar refractivity (Wildman–Crippen MR) is 103 cm³/mol. The van der Waals surface area contributed by atoms with Gasteiger partial charge in [-0.1, -0.05) is 43.2 Å². The molecule has 1 unspecified atom stereocenters. The molecule has 1 saturated carbocycles. The largest absolute Gasteiger partial charge is 0.350 e. The summed E-state index contributed by atoms with van der Waals surface area (Å²) in [5.41, 5.74) is 3.11. The molecule has 6 heteroatoms. The van der Waals surface area contributed by atoms with Gasteiger partial charge in [-0.15, -0.1) is 0 Å². The molecule has 2 N–H and O–H groups in total. The first kappa shape index (κ1) is 17.8. The fourth-order valence-electron chi connectivity index (χ4n) is 4.34. The fourth-order valence-corrected chi connectivity index (χ4v) is 4.34. The van der Waals surface area contributed by atoms with E-state index in [1.807, 2.05) is 42.2 Å². The van der Waals surface area contributed by atoms with Gasteiger partial charge in [-0.2, -0.15) is 5.10 Å². The average molecular weight is 366 g/mol. The van der Waals surface area contributed by atoms with E-state index in [1.165, 1.54) is 12.8 Å². The number of nitrogens with zero attached hydrogens (tertiary/aromatic N) is 2. The molecule has 1 aliphatic carbocycles. The van der Waals surface area contributed by atoms with Crippen molar-refractivity contribution in [2.24, 2.45) is 5.92 Å². The lowest BCUT2D eigenvalue weighted by Gasteiger charge is -2.24. The summed E-state index contributed by atoms with van der Waals surface area (Å²) in [6, 6.07) is 10.2. The predicted octanol–water partition coefficient (Wildman–Crippen LogP) is 2.91. The molecule has 1 aromatic heterocycles. The maximum atomic E-state index is 12.6. The van der Waals surface area contributed by atoms with E-state index >= 15 is 0 Å². The summed E-state index contributed by atoms with van der Waals surface area (Å²) in [5, 5.41) is 10.2. The highest BCUT2D eigenvalue weighted by Crippen LogP contribution is 2.29. The van der Waals surface area contributed by atoms with Crippen LogP contribution >= 0.6 is 0 Å². The molecule has 1 aromatic carbocycles. The molecule has 1 atom stereocenters. The van der Waals surface area contributed by atoms with Gasteiger partial charge in [-0.3, -0.25) is 14.7 Å². The minimum absolute atomic E-state index is 0.158. The number of carbonyl (C=O) groups is 2. The summed E-state index contributed by atoms with van der Waals surface area (Å²) < 4.78 is 0. The van der Waals surface area contributed by atoms with Gasteiger partial charge in [-0.05, 0) is 19.8 Å². The molecule has 6 nitrogen and oxygen atoms in total. The van der Waals surface area contributed by atoms with Crippen molar-refractivity contribution in [2.75, 3.05) is 13.1 Å². The molecule has 142 valence electrons. The molecule has 2 aliphatic rings. The van der Waals surface area contributed by atoms with Crippen LogP contribution in [0.2, 0.25) is 0 Å². The molecular weight excluding hydrogens is 340 g/mol. The zero-order chi connectivity index (χ0) is 18.8. The second-order valence-electron chi connectivity index (χ2n) is 7.70. The van der Waals surface area contributed by atoms with E-state index in [4.69, 9.17) is 0 Å². The highest BCUT2D eigenvalue weighted by molar-refractivity contribution is 5.95. The van der Waals surface area contributed by atoms with Crippen LogP contribution < -0.4 is 5.32 Å². The van der Waals surface area contributed by atoms with Crippen molar-refractivity contribution in [3.05, 3.63) is 41.6 Å². The number of benzene rings is 1. The summed E-state index contributed by atoms with van der Waals surface area (Å²) in [5.74, 6) is 0.276. The van der Waals surface area contributed by atoms with Crippen molar-refractivity contribution in [3.8, 4) is 11.3 Å². The second kappa shape index (κ2) is 7.55. The van der Waals surface area contributed by atoms with Crippen LogP contribution in [0.4, 0.5) is 0 Å². The Bertz CT molecular complexity index is 824. The number of H-pyrrole nitrogens is 1. The van der Waals surface area contributed by atoms with Gasteiger partial charge < -0.3 is 10.2 Å². The van der Waals surface area contributed by atoms with Gasteiger partial charge in [0.1, 0.15) is 5.69 Å². The van der Waals surface area contributed by atoms with Crippen molar-refractivity contribution in [1.29, 1.82) is 0 Å². The highest BCUT2D eigenvalue weighted by atomic mass is 16.2. The quantitative estimate of drug-likeness (QED) is 0.854. The van der Waals surface area contributed by atoms with Crippen molar-refractivity contribution in [3.63, 3.8) is 0 Å². The monoisotopic (exact) mass is 366 g/mol. The van der Waals surface area contributed by atoms with Crippen molar-refractivity contribution in [2.45, 2.75) is 45.1 Å². The van der Waals surface area contributed by atoms with Gasteiger partial charge >= 0.3 is 0 Å². The SMILES string of the molecule is Cc1c(-c2ccccc2)n[nH]c1C(=O)NCC1CC(=O)N(C2CCCC2)C1. The molecule has 2 amide bonds. The summed E-state index contributed by atoms with van der Waals surface area (Å²) in [6.45, 7) is 3.19. The first-order valence-electron chi connectivity index (χ1n) is 9.81. The number of rotatable bonds is 5. The highest BCUT2D eigenvalue weighted by Gasteiger charge is 2.35. The van der Waals surface area contributed by atoms with Gasteiger partial charge in [0.2, 0.25) is 5.91 Å². The molecule has 2 aromatic rings. The smallest absolute Gasteiger partial charge is 0.269 e. The lowest BCUT2D eigenvalue weighted by molar-refractivity contribution is -0.129. The van der Waals surface area contributed by atoms with E-state index in [0.717, 1.165) is 36.2 Å². The number of carbonyl (C=O) groups excluding carboxylic acids is 2. The van der Waals surface area contributed by atoms with Gasteiger partial charge in [0.15, 0.2) is 0 Å². The van der Waals surface area contributed by atoms with Crippen LogP contribution in [-0.4, -0.2) is 46.0 Å². The summed E-state index contributed by atoms with van der Waals surface area (Å²) in [4.78, 5) is 26.9. The van der Waals surface area contributed by atoms with E-state index in [0.29, 0.717) is 24.7 Å². The molecule has 0 radical (unpaired) electrons. The number of nitrogens with one attached hydrogen (secondary N) is 2. The minimum Gasteiger partial charge on any atom is -0.350 e. The van der Waals surface area contributed by atoms with Crippen LogP contribution in [0.5, 0.6) is 0 Å². The lowest BCUT2D eigenvalue weighted by Crippen LogP contribution is -2.36. The third-order valence-corrected chi connectivity index (χ3v) is 5.84. The standard InChI is InChI=1S/C21H26N4O2/c1-14-19(16-7-3-2-4-8-16)23-24-20(14)21(27)22-12-15-11-18(26)25(13-15)17-9-5-6-10-17/h2-4,7-8,15,17H,5-6,9-13H2,1H3,(H,22,27)(H,23,24). The Balaban J connectivity index is 1.36. The summed E-state index contributed by atoms with van der Waals surface area (Å²) >= 11 is 0. The van der Waals surface area contributed by atoms with E-state index in [-0.39, 0.29) is 17.7 Å². The first-order chi connectivity index (χ1) is 13.1. The number of hydrogen-bond donors (Lipinski definition) is 2. The van der Waals surface area contributed by atoms with Gasteiger partial charge in [0, 0.05) is 42.6 Å². The van der Waals surface area contributed by atoms with Crippen LogP contribution in [0.3, 0.4) is 0 Å². The van der Waals surface area contributed by atoms with Gasteiger partial charge in [0.05, 0.1) is 5.69 Å². The van der Waals surface area contributed by atoms with Crippen LogP contribution in [-0.2, 0) is 4.79 Å². The van der Waals surface area contributed by atoms with Crippen molar-refractivity contribution < 1.29 is 9.59 Å². The molecule has 27 heavy (non-hydrogen) atoms. The molecule has 4 rings (SSSR count). The Hall–Kier alpha value is -2.63. The Labute approximate surface area is 159 Å². The zero-order valence-electron chi connectivity index (χ0n) is 15.7. The molecule has 1 saturated heterocycles. The minimum atomic E-state index is -0.158. The Morgan fingerprint density at radius 3 is 2.74 bits per heavy atom. The molecule has 1 aliphatic heterocycles. The van der Waals surface area contributed by atoms with E-state index in [2.05, 4.69) is 15.5 Å². The number of amides is 2. The molecule has 2 fully saturated rings. The Morgan fingerprint density at radius 1 is 1.26 bits per heavy atom. The van der Waals surface area contributed by atoms with Crippen LogP contribution in [0.15, 0.2) is 30.3 Å². The summed E-state index contributed by atoms with van der Waals surface area (Å²) in [7, 11) is 0. The number of likely N-dealkylation sites (tertiary alicyclic amines) is 1. The average Bonchev–Trinajstić information content (AvgIpc) is 3.40. The number of aromatic amines is 1. The molecular formula is C21H26N4O2. The molecule has 0 bridgehead atoms. The third-order valence-electron chi connectivity index (χ3n) is 5.84. The lowest BCUT2D eigenvalue weighted by atomic mass is 10.1. The normalized spacial score (nSPS) is 20.4. The topological polar surface area (TPSA) is 78.1 Å². The number of hydrogen-bond acceptors (Lipinski definition) is 3. The van der Waals surface area contributed by atoms with E-state index in [1.54, 1.807) is 0 Å². The van der Waals surface area contributed by atoms with Crippen molar-refractivity contribution in [1.82, 2.24) is 20.4 Å². The van der Waals surface area contributed by atoms with Crippen LogP contribution in [0, 0.1) is 12.8 Å². The van der Waals surface area contributed by atoms with Gasteiger partial charge in [0.25, 0.3) is 5.91 Å². The summed E-state index contributed by atoms with van der Waals surface area (Å²) in [6.07, 6.45) is 5.23. The third kappa shape index (κ3) is 3.61. The zero-order valence-corrected chi connectivity index (χ0v) is 15.7. The fraction of sp³-hybridized carbons (Fsp3) is 0.476.